The first-order valence-corrected chi connectivity index (χ1v) is 8.70. The van der Waals surface area contributed by atoms with Crippen molar-refractivity contribution in [1.29, 1.82) is 0 Å². The van der Waals surface area contributed by atoms with Gasteiger partial charge in [0.25, 0.3) is 0 Å². The number of aromatic hydroxyl groups is 1. The number of hydrogen-bond donors (Lipinski definition) is 1. The van der Waals surface area contributed by atoms with E-state index in [-0.39, 0.29) is 24.1 Å². The van der Waals surface area contributed by atoms with Crippen molar-refractivity contribution in [1.82, 2.24) is 8.75 Å². The van der Waals surface area contributed by atoms with Crippen molar-refractivity contribution in [3.63, 3.8) is 0 Å². The number of phenolic OH excluding ortho intramolecular Hbond substituents is 1. The summed E-state index contributed by atoms with van der Waals surface area (Å²) in [6, 6.07) is 7.16. The summed E-state index contributed by atoms with van der Waals surface area (Å²) in [6.45, 7) is 0. The molecule has 0 aliphatic heterocycles. The third-order valence-corrected chi connectivity index (χ3v) is 5.61. The summed E-state index contributed by atoms with van der Waals surface area (Å²) < 4.78 is 14.2. The maximum Gasteiger partial charge on any atom is 0.306 e. The van der Waals surface area contributed by atoms with Gasteiger partial charge in [0.1, 0.15) is 16.8 Å². The molecule has 5 nitrogen and oxygen atoms in total. The van der Waals surface area contributed by atoms with Crippen LogP contribution in [0.4, 0.5) is 0 Å². The number of aromatic nitrogens is 2. The second-order valence-electron chi connectivity index (χ2n) is 4.61. The number of nitrogens with zero attached hydrogens (tertiary/aromatic N) is 2. The lowest BCUT2D eigenvalue weighted by Gasteiger charge is -2.16. The number of methoxy groups -OCH3 is 1. The van der Waals surface area contributed by atoms with E-state index in [1.54, 1.807) is 12.1 Å². The summed E-state index contributed by atoms with van der Waals surface area (Å²) in [7, 11) is 1.36. The lowest BCUT2D eigenvalue weighted by molar-refractivity contribution is -0.140. The number of hydrogen-bond acceptors (Lipinski definition) is 7. The Morgan fingerprint density at radius 3 is 2.86 bits per heavy atom. The number of benzene rings is 1. The molecule has 3 aromatic rings. The first-order valence-electron chi connectivity index (χ1n) is 6.36. The van der Waals surface area contributed by atoms with E-state index in [2.05, 4.69) is 24.7 Å². The molecule has 0 fully saturated rings. The van der Waals surface area contributed by atoms with Crippen LogP contribution in [-0.2, 0) is 9.53 Å². The molecule has 1 atom stereocenters. The van der Waals surface area contributed by atoms with Crippen LogP contribution in [0.2, 0.25) is 0 Å². The van der Waals surface area contributed by atoms with E-state index in [1.807, 2.05) is 12.1 Å². The monoisotopic (exact) mass is 398 g/mol. The van der Waals surface area contributed by atoms with Crippen LogP contribution >= 0.6 is 39.0 Å². The Kier molecular flexibility index (Phi) is 4.42. The molecule has 0 saturated heterocycles. The average molecular weight is 399 g/mol. The van der Waals surface area contributed by atoms with Crippen molar-refractivity contribution in [2.75, 3.05) is 7.11 Å². The fourth-order valence-corrected chi connectivity index (χ4v) is 4.40. The highest BCUT2D eigenvalue weighted by molar-refractivity contribution is 9.11. The van der Waals surface area contributed by atoms with Gasteiger partial charge in [0.2, 0.25) is 0 Å². The van der Waals surface area contributed by atoms with Gasteiger partial charge in [-0.15, -0.1) is 11.3 Å². The topological polar surface area (TPSA) is 72.3 Å². The fourth-order valence-electron chi connectivity index (χ4n) is 2.31. The summed E-state index contributed by atoms with van der Waals surface area (Å²) in [5.41, 5.74) is 1.96. The molecule has 0 aliphatic rings. The van der Waals surface area contributed by atoms with Gasteiger partial charge in [0, 0.05) is 16.4 Å². The molecule has 22 heavy (non-hydrogen) atoms. The van der Waals surface area contributed by atoms with Gasteiger partial charge in [-0.3, -0.25) is 4.79 Å². The zero-order valence-electron chi connectivity index (χ0n) is 11.4. The molecular formula is C14H11BrN2O3S2. The van der Waals surface area contributed by atoms with Gasteiger partial charge in [-0.05, 0) is 40.2 Å². The molecule has 8 heteroatoms. The fraction of sp³-hybridized carbons (Fsp3) is 0.214. The van der Waals surface area contributed by atoms with Crippen LogP contribution in [0.3, 0.4) is 0 Å². The maximum absolute atomic E-state index is 11.8. The molecule has 0 saturated carbocycles. The van der Waals surface area contributed by atoms with Crippen molar-refractivity contribution in [2.45, 2.75) is 12.3 Å². The number of fused-ring (bicyclic) bond motifs is 1. The number of phenols is 1. The largest absolute Gasteiger partial charge is 0.508 e. The molecule has 1 aromatic carbocycles. The summed E-state index contributed by atoms with van der Waals surface area (Å²) in [6.07, 6.45) is 0.133. The summed E-state index contributed by atoms with van der Waals surface area (Å²) in [4.78, 5) is 12.8. The van der Waals surface area contributed by atoms with Crippen LogP contribution in [0.15, 0.2) is 28.1 Å². The Hall–Kier alpha value is -1.51. The number of carbonyl (C=O) groups excluding carboxylic acids is 1. The van der Waals surface area contributed by atoms with E-state index < -0.39 is 0 Å². The minimum absolute atomic E-state index is 0.110. The zero-order chi connectivity index (χ0) is 15.7. The average Bonchev–Trinajstić information content (AvgIpc) is 3.13. The van der Waals surface area contributed by atoms with Crippen molar-refractivity contribution < 1.29 is 14.6 Å². The number of rotatable bonds is 4. The van der Waals surface area contributed by atoms with E-state index in [0.29, 0.717) is 16.6 Å². The van der Waals surface area contributed by atoms with Crippen LogP contribution in [0.25, 0.3) is 11.0 Å². The van der Waals surface area contributed by atoms with Gasteiger partial charge in [-0.25, -0.2) is 0 Å². The molecule has 0 unspecified atom stereocenters. The molecule has 2 heterocycles. The third-order valence-electron chi connectivity index (χ3n) is 3.33. The molecule has 0 bridgehead atoms. The molecule has 1 N–H and O–H groups in total. The smallest absolute Gasteiger partial charge is 0.306 e. The summed E-state index contributed by atoms with van der Waals surface area (Å²) in [5.74, 6) is -0.552. The predicted octanol–water partition coefficient (Wildman–Crippen LogP) is 3.92. The minimum atomic E-state index is -0.339. The second kappa shape index (κ2) is 6.31. The van der Waals surface area contributed by atoms with Crippen LogP contribution in [0.5, 0.6) is 5.75 Å². The molecule has 3 rings (SSSR count). The lowest BCUT2D eigenvalue weighted by Crippen LogP contribution is -2.10. The molecular weight excluding hydrogens is 388 g/mol. The first kappa shape index (κ1) is 15.4. The third kappa shape index (κ3) is 2.86. The normalized spacial score (nSPS) is 12.5. The van der Waals surface area contributed by atoms with Gasteiger partial charge in [-0.2, -0.15) is 8.75 Å². The summed E-state index contributed by atoms with van der Waals surface area (Å²) in [5, 5.41) is 10.3. The van der Waals surface area contributed by atoms with Gasteiger partial charge in [0.15, 0.2) is 0 Å². The highest BCUT2D eigenvalue weighted by Gasteiger charge is 2.26. The Morgan fingerprint density at radius 1 is 1.36 bits per heavy atom. The van der Waals surface area contributed by atoms with E-state index in [1.165, 1.54) is 18.4 Å². The maximum atomic E-state index is 11.8. The highest BCUT2D eigenvalue weighted by Crippen LogP contribution is 2.41. The van der Waals surface area contributed by atoms with Crippen molar-refractivity contribution in [3.05, 3.63) is 38.5 Å². The first-order chi connectivity index (χ1) is 10.6. The molecule has 0 aliphatic carbocycles. The SMILES string of the molecule is COC(=O)C[C@H](c1ccc(Br)s1)c1c(O)ccc2nsnc12. The number of thiophene rings is 1. The second-order valence-corrected chi connectivity index (χ2v) is 7.63. The minimum Gasteiger partial charge on any atom is -0.508 e. The molecule has 114 valence electrons. The van der Waals surface area contributed by atoms with Gasteiger partial charge in [0.05, 0.1) is 29.0 Å². The van der Waals surface area contributed by atoms with Crippen molar-refractivity contribution in [3.8, 4) is 5.75 Å². The van der Waals surface area contributed by atoms with Crippen LogP contribution in [-0.4, -0.2) is 26.9 Å². The highest BCUT2D eigenvalue weighted by atomic mass is 79.9. The van der Waals surface area contributed by atoms with Crippen LogP contribution in [0, 0.1) is 0 Å². The van der Waals surface area contributed by atoms with Gasteiger partial charge in [-0.1, -0.05) is 0 Å². The standard InChI is InChI=1S/C14H11BrN2O3S2/c1-20-12(19)6-7(10-4-5-11(15)21-10)13-9(18)3-2-8-14(13)17-22-16-8/h2-5,7,18H,6H2,1H3/t7-/m1/s1. The Bertz CT molecular complexity index is 830. The molecule has 0 amide bonds. The number of esters is 1. The van der Waals surface area contributed by atoms with Crippen molar-refractivity contribution in [2.24, 2.45) is 0 Å². The summed E-state index contributed by atoms with van der Waals surface area (Å²) >= 11 is 6.03. The molecule has 2 aromatic heterocycles. The Morgan fingerprint density at radius 2 is 2.18 bits per heavy atom. The Balaban J connectivity index is 2.17. The van der Waals surface area contributed by atoms with Crippen molar-refractivity contribution >= 4 is 56.0 Å². The van der Waals surface area contributed by atoms with E-state index in [0.717, 1.165) is 20.4 Å². The zero-order valence-corrected chi connectivity index (χ0v) is 14.7. The van der Waals surface area contributed by atoms with Gasteiger partial charge < -0.3 is 9.84 Å². The lowest BCUT2D eigenvalue weighted by atomic mass is 9.92. The van der Waals surface area contributed by atoms with E-state index in [9.17, 15) is 9.90 Å². The quantitative estimate of drug-likeness (QED) is 0.674. The molecule has 0 radical (unpaired) electrons. The molecule has 0 spiro atoms. The van der Waals surface area contributed by atoms with E-state index in [4.69, 9.17) is 4.74 Å². The number of ether oxygens (including phenoxy) is 1. The Labute approximate surface area is 143 Å². The number of carbonyl (C=O) groups is 1. The van der Waals surface area contributed by atoms with Crippen LogP contribution in [0.1, 0.15) is 22.8 Å². The van der Waals surface area contributed by atoms with E-state index >= 15 is 0 Å². The van der Waals surface area contributed by atoms with Crippen LogP contribution < -0.4 is 0 Å². The predicted molar refractivity (Wildman–Crippen MR) is 89.6 cm³/mol. The number of halogens is 1. The van der Waals surface area contributed by atoms with Gasteiger partial charge >= 0.3 is 5.97 Å².